The third kappa shape index (κ3) is 3.82. The van der Waals surface area contributed by atoms with Gasteiger partial charge in [-0.15, -0.1) is 0 Å². The van der Waals surface area contributed by atoms with Gasteiger partial charge in [0.05, 0.1) is 0 Å². The molecule has 0 aliphatic heterocycles. The molecule has 0 aromatic heterocycles. The van der Waals surface area contributed by atoms with Gasteiger partial charge in [0.15, 0.2) is 0 Å². The smallest absolute Gasteiger partial charge is 0.119 e. The van der Waals surface area contributed by atoms with Crippen molar-refractivity contribution < 1.29 is 5.11 Å². The van der Waals surface area contributed by atoms with Crippen molar-refractivity contribution in [2.24, 2.45) is 0 Å². The van der Waals surface area contributed by atoms with Crippen LogP contribution in [0.3, 0.4) is 0 Å². The van der Waals surface area contributed by atoms with Crippen molar-refractivity contribution in [1.29, 1.82) is 0 Å². The molecule has 0 aliphatic carbocycles. The highest BCUT2D eigenvalue weighted by Crippen LogP contribution is 1.91. The molecule has 1 unspecified atom stereocenters. The Bertz CT molecular complexity index is 85.7. The fourth-order valence-electron chi connectivity index (χ4n) is 0.677. The monoisotopic (exact) mass is 146 g/mol. The number of aliphatic hydroxyl groups is 1. The highest BCUT2D eigenvalue weighted by Gasteiger charge is 2.08. The summed E-state index contributed by atoms with van der Waals surface area (Å²) in [7, 11) is 5.81. The lowest BCUT2D eigenvalue weighted by Gasteiger charge is -2.24. The summed E-state index contributed by atoms with van der Waals surface area (Å²) in [5, 5.41) is 9.37. The van der Waals surface area contributed by atoms with Gasteiger partial charge in [0, 0.05) is 6.54 Å². The molecule has 0 aliphatic rings. The SMILES string of the molecule is CCN(C)C(O)CN(C)C. The van der Waals surface area contributed by atoms with Gasteiger partial charge in [-0.25, -0.2) is 0 Å². The lowest BCUT2D eigenvalue weighted by atomic mass is 10.4. The number of hydrogen-bond donors (Lipinski definition) is 1. The standard InChI is InChI=1S/C7H18N2O/c1-5-9(4)7(10)6-8(2)3/h7,10H,5-6H2,1-4H3. The molecule has 0 rings (SSSR count). The molecule has 0 spiro atoms. The summed E-state index contributed by atoms with van der Waals surface area (Å²) in [5.74, 6) is 0. The van der Waals surface area contributed by atoms with Crippen LogP contribution in [0.15, 0.2) is 0 Å². The largest absolute Gasteiger partial charge is 0.377 e. The number of rotatable bonds is 4. The first-order valence-electron chi connectivity index (χ1n) is 3.61. The predicted octanol–water partition coefficient (Wildman–Crippen LogP) is -0.182. The molecule has 0 amide bonds. The molecule has 0 saturated heterocycles. The second-order valence-electron chi connectivity index (χ2n) is 2.82. The van der Waals surface area contributed by atoms with E-state index in [0.717, 1.165) is 6.54 Å². The molecule has 0 saturated carbocycles. The van der Waals surface area contributed by atoms with Crippen LogP contribution in [-0.4, -0.2) is 55.4 Å². The Balaban J connectivity index is 3.50. The van der Waals surface area contributed by atoms with Gasteiger partial charge in [-0.1, -0.05) is 6.92 Å². The quantitative estimate of drug-likeness (QED) is 0.557. The van der Waals surface area contributed by atoms with E-state index in [1.165, 1.54) is 0 Å². The van der Waals surface area contributed by atoms with Crippen molar-refractivity contribution in [3.63, 3.8) is 0 Å². The van der Waals surface area contributed by atoms with Crippen LogP contribution in [0.4, 0.5) is 0 Å². The lowest BCUT2D eigenvalue weighted by molar-refractivity contribution is 0.00714. The summed E-state index contributed by atoms with van der Waals surface area (Å²) < 4.78 is 0. The molecule has 1 N–H and O–H groups in total. The second kappa shape index (κ2) is 4.66. The van der Waals surface area contributed by atoms with E-state index < -0.39 is 0 Å². The molecule has 62 valence electrons. The zero-order valence-corrected chi connectivity index (χ0v) is 7.33. The minimum absolute atomic E-state index is 0.333. The Labute approximate surface area is 63.2 Å². The molecule has 0 radical (unpaired) electrons. The van der Waals surface area contributed by atoms with Crippen LogP contribution >= 0.6 is 0 Å². The normalized spacial score (nSPS) is 14.7. The van der Waals surface area contributed by atoms with E-state index in [1.807, 2.05) is 37.9 Å². The maximum atomic E-state index is 9.37. The van der Waals surface area contributed by atoms with Gasteiger partial charge in [0.2, 0.25) is 0 Å². The molecular weight excluding hydrogens is 128 g/mol. The van der Waals surface area contributed by atoms with E-state index in [4.69, 9.17) is 0 Å². The zero-order chi connectivity index (χ0) is 8.15. The predicted molar refractivity (Wildman–Crippen MR) is 42.9 cm³/mol. The van der Waals surface area contributed by atoms with Gasteiger partial charge in [-0.3, -0.25) is 4.90 Å². The van der Waals surface area contributed by atoms with Gasteiger partial charge in [0.1, 0.15) is 6.23 Å². The van der Waals surface area contributed by atoms with Gasteiger partial charge in [-0.2, -0.15) is 0 Å². The van der Waals surface area contributed by atoms with E-state index in [1.54, 1.807) is 0 Å². The average Bonchev–Trinajstić information content (AvgIpc) is 1.85. The Kier molecular flexibility index (Phi) is 4.60. The molecule has 3 heteroatoms. The summed E-state index contributed by atoms with van der Waals surface area (Å²) in [4.78, 5) is 3.87. The average molecular weight is 146 g/mol. The van der Waals surface area contributed by atoms with E-state index in [2.05, 4.69) is 0 Å². The number of likely N-dealkylation sites (N-methyl/N-ethyl adjacent to an activating group) is 2. The van der Waals surface area contributed by atoms with E-state index in [0.29, 0.717) is 6.54 Å². The zero-order valence-electron chi connectivity index (χ0n) is 7.33. The number of nitrogens with zero attached hydrogens (tertiary/aromatic N) is 2. The topological polar surface area (TPSA) is 26.7 Å². The first kappa shape index (κ1) is 9.88. The highest BCUT2D eigenvalue weighted by atomic mass is 16.3. The second-order valence-corrected chi connectivity index (χ2v) is 2.82. The van der Waals surface area contributed by atoms with Crippen molar-refractivity contribution in [3.05, 3.63) is 0 Å². The highest BCUT2D eigenvalue weighted by molar-refractivity contribution is 4.56. The molecule has 3 nitrogen and oxygen atoms in total. The van der Waals surface area contributed by atoms with Crippen LogP contribution in [0.5, 0.6) is 0 Å². The Morgan fingerprint density at radius 2 is 1.80 bits per heavy atom. The van der Waals surface area contributed by atoms with Gasteiger partial charge >= 0.3 is 0 Å². The Morgan fingerprint density at radius 3 is 2.10 bits per heavy atom. The van der Waals surface area contributed by atoms with E-state index in [-0.39, 0.29) is 6.23 Å². The minimum atomic E-state index is -0.333. The summed E-state index contributed by atoms with van der Waals surface area (Å²) in [5.41, 5.74) is 0. The van der Waals surface area contributed by atoms with Crippen LogP contribution in [0, 0.1) is 0 Å². The molecule has 0 fully saturated rings. The molecular formula is C7H18N2O. The summed E-state index contributed by atoms with van der Waals surface area (Å²) in [6.45, 7) is 3.61. The first-order chi connectivity index (χ1) is 4.57. The molecule has 0 aromatic carbocycles. The van der Waals surface area contributed by atoms with Crippen molar-refractivity contribution >= 4 is 0 Å². The van der Waals surface area contributed by atoms with Crippen molar-refractivity contribution in [3.8, 4) is 0 Å². The molecule has 0 bridgehead atoms. The number of hydrogen-bond acceptors (Lipinski definition) is 3. The maximum Gasteiger partial charge on any atom is 0.119 e. The van der Waals surface area contributed by atoms with E-state index in [9.17, 15) is 5.11 Å². The summed E-state index contributed by atoms with van der Waals surface area (Å²) in [6, 6.07) is 0. The van der Waals surface area contributed by atoms with Crippen molar-refractivity contribution in [2.45, 2.75) is 13.2 Å². The number of aliphatic hydroxyl groups excluding tert-OH is 1. The van der Waals surface area contributed by atoms with Crippen LogP contribution in [0.2, 0.25) is 0 Å². The summed E-state index contributed by atoms with van der Waals surface area (Å²) in [6.07, 6.45) is -0.333. The van der Waals surface area contributed by atoms with Crippen LogP contribution in [0.25, 0.3) is 0 Å². The van der Waals surface area contributed by atoms with Gasteiger partial charge in [-0.05, 0) is 27.7 Å². The lowest BCUT2D eigenvalue weighted by Crippen LogP contribution is -2.39. The van der Waals surface area contributed by atoms with Crippen molar-refractivity contribution in [1.82, 2.24) is 9.80 Å². The van der Waals surface area contributed by atoms with E-state index >= 15 is 0 Å². The first-order valence-corrected chi connectivity index (χ1v) is 3.61. The van der Waals surface area contributed by atoms with Crippen LogP contribution in [-0.2, 0) is 0 Å². The molecule has 0 heterocycles. The Morgan fingerprint density at radius 1 is 1.30 bits per heavy atom. The molecule has 10 heavy (non-hydrogen) atoms. The third-order valence-corrected chi connectivity index (χ3v) is 1.54. The fourth-order valence-corrected chi connectivity index (χ4v) is 0.677. The summed E-state index contributed by atoms with van der Waals surface area (Å²) >= 11 is 0. The Hall–Kier alpha value is -0.120. The third-order valence-electron chi connectivity index (χ3n) is 1.54. The van der Waals surface area contributed by atoms with Crippen LogP contribution < -0.4 is 0 Å². The van der Waals surface area contributed by atoms with Crippen molar-refractivity contribution in [2.75, 3.05) is 34.2 Å². The maximum absolute atomic E-state index is 9.37. The minimum Gasteiger partial charge on any atom is -0.377 e. The molecule has 0 aromatic rings. The van der Waals surface area contributed by atoms with Gasteiger partial charge < -0.3 is 10.0 Å². The molecule has 1 atom stereocenters. The van der Waals surface area contributed by atoms with Gasteiger partial charge in [0.25, 0.3) is 0 Å². The fraction of sp³-hybridized carbons (Fsp3) is 1.00. The van der Waals surface area contributed by atoms with Crippen LogP contribution in [0.1, 0.15) is 6.92 Å².